The van der Waals surface area contributed by atoms with Gasteiger partial charge in [-0.25, -0.2) is 9.69 Å². The number of amides is 5. The molecule has 2 heterocycles. The number of rotatable bonds is 13. The number of nitrogens with zero attached hydrogens (tertiary/aromatic N) is 1. The summed E-state index contributed by atoms with van der Waals surface area (Å²) < 4.78 is 5.31. The fourth-order valence-electron chi connectivity index (χ4n) is 5.34. The molecular formula is C33H34N6O7. The van der Waals surface area contributed by atoms with Gasteiger partial charge in [0.1, 0.15) is 17.8 Å². The Morgan fingerprint density at radius 2 is 1.57 bits per heavy atom. The first kappa shape index (κ1) is 31.7. The fraction of sp³-hybridized carbons (Fsp3) is 0.242. The van der Waals surface area contributed by atoms with Crippen LogP contribution in [0.25, 0.3) is 10.9 Å². The summed E-state index contributed by atoms with van der Waals surface area (Å²) in [5.74, 6) is -2.92. The second-order valence-electron chi connectivity index (χ2n) is 11.0. The molecule has 1 fully saturated rings. The molecule has 1 saturated heterocycles. The monoisotopic (exact) mass is 626 g/mol. The molecule has 4 atom stereocenters. The largest absolute Gasteiger partial charge is 0.508 e. The van der Waals surface area contributed by atoms with Gasteiger partial charge in [-0.3, -0.25) is 19.2 Å². The quantitative estimate of drug-likeness (QED) is 0.126. The molecule has 8 N–H and O–H groups in total. The molecule has 13 heteroatoms. The highest BCUT2D eigenvalue weighted by Crippen LogP contribution is 2.24. The van der Waals surface area contributed by atoms with Crippen molar-refractivity contribution in [3.8, 4) is 5.75 Å². The Kier molecular flexibility index (Phi) is 9.62. The van der Waals surface area contributed by atoms with Crippen LogP contribution in [0, 0.1) is 0 Å². The van der Waals surface area contributed by atoms with Crippen LogP contribution >= 0.6 is 0 Å². The van der Waals surface area contributed by atoms with Gasteiger partial charge in [-0.05, 0) is 41.3 Å². The Morgan fingerprint density at radius 3 is 2.28 bits per heavy atom. The molecular weight excluding hydrogens is 592 g/mol. The summed E-state index contributed by atoms with van der Waals surface area (Å²) in [5.41, 5.74) is 14.5. The number of phenolic OH excluding ortho intramolecular Hbond substituents is 1. The predicted octanol–water partition coefficient (Wildman–Crippen LogP) is 1.03. The second kappa shape index (κ2) is 13.9. The van der Waals surface area contributed by atoms with Crippen molar-refractivity contribution >= 4 is 40.6 Å². The molecule has 238 valence electrons. The summed E-state index contributed by atoms with van der Waals surface area (Å²) in [5, 5.41) is 15.4. The third kappa shape index (κ3) is 7.33. The lowest BCUT2D eigenvalue weighted by Crippen LogP contribution is -2.56. The van der Waals surface area contributed by atoms with Crippen LogP contribution in [-0.2, 0) is 43.2 Å². The van der Waals surface area contributed by atoms with Crippen molar-refractivity contribution in [1.29, 1.82) is 0 Å². The molecule has 46 heavy (non-hydrogen) atoms. The van der Waals surface area contributed by atoms with Gasteiger partial charge in [0.2, 0.25) is 17.7 Å². The summed E-state index contributed by atoms with van der Waals surface area (Å²) in [6, 6.07) is 19.0. The zero-order valence-corrected chi connectivity index (χ0v) is 24.7. The minimum absolute atomic E-state index is 0.0749. The number of carbonyl (C=O) groups excluding carboxylic acids is 5. The Labute approximate surface area is 263 Å². The molecule has 1 aliphatic heterocycles. The highest BCUT2D eigenvalue weighted by Gasteiger charge is 2.47. The minimum Gasteiger partial charge on any atom is -0.508 e. The Hall–Kier alpha value is -5.69. The first-order chi connectivity index (χ1) is 22.1. The number of hydrogen-bond donors (Lipinski definition) is 6. The van der Waals surface area contributed by atoms with Crippen molar-refractivity contribution in [2.24, 2.45) is 11.5 Å². The van der Waals surface area contributed by atoms with Crippen LogP contribution in [0.2, 0.25) is 0 Å². The molecule has 5 rings (SSSR count). The third-order valence-corrected chi connectivity index (χ3v) is 7.79. The summed E-state index contributed by atoms with van der Waals surface area (Å²) in [7, 11) is 0. The number of nitrogens with two attached hydrogens (primary N) is 2. The van der Waals surface area contributed by atoms with Crippen LogP contribution in [0.1, 0.15) is 16.7 Å². The number of aromatic nitrogens is 1. The Balaban J connectivity index is 1.32. The zero-order valence-electron chi connectivity index (χ0n) is 24.7. The molecule has 0 unspecified atom stereocenters. The summed E-state index contributed by atoms with van der Waals surface area (Å²) in [4.78, 5) is 69.4. The number of H-pyrrole nitrogens is 1. The second-order valence-corrected chi connectivity index (χ2v) is 11.0. The molecule has 1 aliphatic rings. The molecule has 0 spiro atoms. The van der Waals surface area contributed by atoms with Crippen molar-refractivity contribution in [2.75, 3.05) is 6.54 Å². The summed E-state index contributed by atoms with van der Waals surface area (Å²) >= 11 is 0. The van der Waals surface area contributed by atoms with Crippen LogP contribution in [0.15, 0.2) is 85.1 Å². The van der Waals surface area contributed by atoms with Gasteiger partial charge in [-0.2, -0.15) is 0 Å². The van der Waals surface area contributed by atoms with E-state index in [2.05, 4.69) is 15.6 Å². The number of carbonyl (C=O) groups is 5. The van der Waals surface area contributed by atoms with E-state index in [9.17, 15) is 29.1 Å². The number of imide groups is 1. The van der Waals surface area contributed by atoms with E-state index in [1.807, 2.05) is 30.3 Å². The normalized spacial score (nSPS) is 16.5. The molecule has 13 nitrogen and oxygen atoms in total. The van der Waals surface area contributed by atoms with Crippen LogP contribution in [0.5, 0.6) is 5.75 Å². The maximum atomic E-state index is 13.8. The van der Waals surface area contributed by atoms with E-state index in [1.165, 1.54) is 12.1 Å². The lowest BCUT2D eigenvalue weighted by Gasteiger charge is -2.26. The van der Waals surface area contributed by atoms with Gasteiger partial charge >= 0.3 is 6.09 Å². The number of benzene rings is 3. The van der Waals surface area contributed by atoms with Crippen LogP contribution in [-0.4, -0.2) is 75.5 Å². The van der Waals surface area contributed by atoms with Gasteiger partial charge in [0.25, 0.3) is 5.91 Å². The van der Waals surface area contributed by atoms with Crippen molar-refractivity contribution < 1.29 is 33.8 Å². The number of ether oxygens (including phenoxy) is 1. The highest BCUT2D eigenvalue weighted by atomic mass is 16.6. The standard InChI is InChI=1S/C33H34N6O7/c34-24(14-20-10-12-22(40)13-11-20)30(42)37-18-28-32(44)39(33(45)46-28)27(16-21-17-36-25-9-5-4-8-23(21)25)31(43)38-26(29(35)41)15-19-6-2-1-3-7-19/h1-13,17,24,26-28,36,40H,14-16,18,34H2,(H2,35,41)(H,37,42)(H,38,43)/t24-,26-,27+,28-/m0/s1. The number of nitrogens with one attached hydrogen (secondary N) is 3. The smallest absolute Gasteiger partial charge is 0.418 e. The number of para-hydroxylation sites is 1. The SMILES string of the molecule is NC(=O)[C@H](Cc1ccccc1)NC(=O)[C@@H](Cc1c[nH]c2ccccc12)N1C(=O)O[C@@H](CNC(=O)[C@@H](N)Cc2ccc(O)cc2)C1=O. The van der Waals surface area contributed by atoms with E-state index >= 15 is 0 Å². The van der Waals surface area contributed by atoms with Gasteiger partial charge in [0.15, 0.2) is 6.10 Å². The molecule has 3 aromatic carbocycles. The molecule has 1 aromatic heterocycles. The first-order valence-corrected chi connectivity index (χ1v) is 14.6. The van der Waals surface area contributed by atoms with Crippen LogP contribution < -0.4 is 22.1 Å². The third-order valence-electron chi connectivity index (χ3n) is 7.79. The molecule has 0 saturated carbocycles. The molecule has 0 radical (unpaired) electrons. The Bertz CT molecular complexity index is 1740. The number of aromatic amines is 1. The van der Waals surface area contributed by atoms with Crippen molar-refractivity contribution in [3.05, 3.63) is 102 Å². The van der Waals surface area contributed by atoms with Crippen molar-refractivity contribution in [1.82, 2.24) is 20.5 Å². The summed E-state index contributed by atoms with van der Waals surface area (Å²) in [6.45, 7) is -0.372. The van der Waals surface area contributed by atoms with E-state index in [0.717, 1.165) is 16.5 Å². The number of fused-ring (bicyclic) bond motifs is 1. The van der Waals surface area contributed by atoms with Gasteiger partial charge in [-0.15, -0.1) is 0 Å². The van der Waals surface area contributed by atoms with Crippen molar-refractivity contribution in [2.45, 2.75) is 43.5 Å². The molecule has 0 bridgehead atoms. The highest BCUT2D eigenvalue weighted by molar-refractivity contribution is 6.05. The van der Waals surface area contributed by atoms with E-state index in [0.29, 0.717) is 16.0 Å². The molecule has 0 aliphatic carbocycles. The van der Waals surface area contributed by atoms with E-state index in [1.54, 1.807) is 42.6 Å². The number of hydrogen-bond acceptors (Lipinski definition) is 8. The van der Waals surface area contributed by atoms with Crippen LogP contribution in [0.3, 0.4) is 0 Å². The number of phenols is 1. The van der Waals surface area contributed by atoms with Crippen LogP contribution in [0.4, 0.5) is 4.79 Å². The minimum atomic E-state index is -1.41. The number of primary amides is 1. The maximum absolute atomic E-state index is 13.8. The first-order valence-electron chi connectivity index (χ1n) is 14.6. The zero-order chi connectivity index (χ0) is 32.8. The van der Waals surface area contributed by atoms with Gasteiger partial charge in [-0.1, -0.05) is 60.7 Å². The van der Waals surface area contributed by atoms with Crippen molar-refractivity contribution in [3.63, 3.8) is 0 Å². The lowest BCUT2D eigenvalue weighted by molar-refractivity contribution is -0.137. The van der Waals surface area contributed by atoms with Gasteiger partial charge < -0.3 is 36.9 Å². The predicted molar refractivity (Wildman–Crippen MR) is 167 cm³/mol. The fourth-order valence-corrected chi connectivity index (χ4v) is 5.34. The topological polar surface area (TPSA) is 210 Å². The Morgan fingerprint density at radius 1 is 0.891 bits per heavy atom. The number of cyclic esters (lactones) is 1. The van der Waals surface area contributed by atoms with Gasteiger partial charge in [0.05, 0.1) is 12.6 Å². The summed E-state index contributed by atoms with van der Waals surface area (Å²) in [6.07, 6.45) is -0.640. The average Bonchev–Trinajstić information content (AvgIpc) is 3.58. The molecule has 4 aromatic rings. The lowest BCUT2D eigenvalue weighted by atomic mass is 10.0. The van der Waals surface area contributed by atoms with E-state index in [-0.39, 0.29) is 31.6 Å². The van der Waals surface area contributed by atoms with Gasteiger partial charge in [0, 0.05) is 29.9 Å². The average molecular weight is 627 g/mol. The van der Waals surface area contributed by atoms with E-state index in [4.69, 9.17) is 16.2 Å². The number of aromatic hydroxyl groups is 1. The van der Waals surface area contributed by atoms with E-state index < -0.39 is 54.0 Å². The molecule has 5 amide bonds. The maximum Gasteiger partial charge on any atom is 0.418 e.